The van der Waals surface area contributed by atoms with Crippen molar-refractivity contribution in [3.8, 4) is 0 Å². The van der Waals surface area contributed by atoms with Gasteiger partial charge in [0.15, 0.2) is 0 Å². The Kier molecular flexibility index (Phi) is 4.97. The number of carbonyl (C=O) groups excluding carboxylic acids is 1. The molecular formula is C16H23NO2. The van der Waals surface area contributed by atoms with E-state index in [9.17, 15) is 4.79 Å². The minimum absolute atomic E-state index is 0.119. The molecule has 1 aliphatic rings. The molecule has 0 aromatic heterocycles. The van der Waals surface area contributed by atoms with Gasteiger partial charge in [-0.2, -0.15) is 0 Å². The topological polar surface area (TPSA) is 52.3 Å². The predicted octanol–water partition coefficient (Wildman–Crippen LogP) is 2.81. The summed E-state index contributed by atoms with van der Waals surface area (Å²) in [4.78, 5) is 12.0. The quantitative estimate of drug-likeness (QED) is 0.848. The van der Waals surface area contributed by atoms with Crippen LogP contribution < -0.4 is 5.73 Å². The molecule has 1 aromatic carbocycles. The first-order valence-electron chi connectivity index (χ1n) is 7.15. The van der Waals surface area contributed by atoms with Gasteiger partial charge in [0.1, 0.15) is 6.10 Å². The predicted molar refractivity (Wildman–Crippen MR) is 75.5 cm³/mol. The van der Waals surface area contributed by atoms with E-state index in [-0.39, 0.29) is 12.1 Å². The van der Waals surface area contributed by atoms with Crippen LogP contribution in [-0.2, 0) is 22.5 Å². The van der Waals surface area contributed by atoms with E-state index < -0.39 is 0 Å². The third-order valence-electron chi connectivity index (χ3n) is 3.93. The molecule has 1 aliphatic carbocycles. The Bertz CT molecular complexity index is 423. The molecule has 2 rings (SSSR count). The molecule has 2 N–H and O–H groups in total. The number of esters is 1. The molecule has 0 aliphatic heterocycles. The number of benzene rings is 1. The van der Waals surface area contributed by atoms with Gasteiger partial charge >= 0.3 is 5.97 Å². The molecular weight excluding hydrogens is 238 g/mol. The van der Waals surface area contributed by atoms with Crippen LogP contribution in [0.4, 0.5) is 0 Å². The number of hydrogen-bond acceptors (Lipinski definition) is 3. The summed E-state index contributed by atoms with van der Waals surface area (Å²) in [6.07, 6.45) is 4.79. The third kappa shape index (κ3) is 4.06. The van der Waals surface area contributed by atoms with E-state index in [0.717, 1.165) is 42.7 Å². The SMILES string of the molecule is CC1CCC(OC(=O)Cc2ccccc2CN)CC1. The highest BCUT2D eigenvalue weighted by atomic mass is 16.5. The highest BCUT2D eigenvalue weighted by Crippen LogP contribution is 2.25. The van der Waals surface area contributed by atoms with Gasteiger partial charge in [-0.25, -0.2) is 0 Å². The smallest absolute Gasteiger partial charge is 0.310 e. The molecule has 0 bridgehead atoms. The molecule has 0 unspecified atom stereocenters. The summed E-state index contributed by atoms with van der Waals surface area (Å²) in [7, 11) is 0. The zero-order valence-corrected chi connectivity index (χ0v) is 11.6. The fourth-order valence-corrected chi connectivity index (χ4v) is 2.66. The maximum atomic E-state index is 12.0. The fraction of sp³-hybridized carbons (Fsp3) is 0.562. The van der Waals surface area contributed by atoms with Crippen molar-refractivity contribution in [3.63, 3.8) is 0 Å². The van der Waals surface area contributed by atoms with Crippen LogP contribution in [0.25, 0.3) is 0 Å². The Hall–Kier alpha value is -1.35. The molecule has 0 heterocycles. The van der Waals surface area contributed by atoms with Gasteiger partial charge in [-0.05, 0) is 42.7 Å². The van der Waals surface area contributed by atoms with Crippen molar-refractivity contribution in [1.29, 1.82) is 0 Å². The first kappa shape index (κ1) is 14.1. The lowest BCUT2D eigenvalue weighted by Gasteiger charge is -2.26. The molecule has 1 saturated carbocycles. The summed E-state index contributed by atoms with van der Waals surface area (Å²) in [6.45, 7) is 2.72. The van der Waals surface area contributed by atoms with Crippen molar-refractivity contribution < 1.29 is 9.53 Å². The Morgan fingerprint density at radius 2 is 1.84 bits per heavy atom. The van der Waals surface area contributed by atoms with Crippen LogP contribution in [0.5, 0.6) is 0 Å². The van der Waals surface area contributed by atoms with Crippen LogP contribution in [0.1, 0.15) is 43.7 Å². The normalized spacial score (nSPS) is 23.1. The standard InChI is InChI=1S/C16H23NO2/c1-12-6-8-15(9-7-12)19-16(18)10-13-4-2-3-5-14(13)11-17/h2-5,12,15H,6-11,17H2,1H3. The Morgan fingerprint density at radius 3 is 2.47 bits per heavy atom. The van der Waals surface area contributed by atoms with Crippen LogP contribution >= 0.6 is 0 Å². The number of nitrogens with two attached hydrogens (primary N) is 1. The van der Waals surface area contributed by atoms with Crippen molar-refractivity contribution in [2.24, 2.45) is 11.7 Å². The second kappa shape index (κ2) is 6.71. The van der Waals surface area contributed by atoms with Gasteiger partial charge in [-0.3, -0.25) is 4.79 Å². The molecule has 1 aromatic rings. The molecule has 19 heavy (non-hydrogen) atoms. The molecule has 1 fully saturated rings. The van der Waals surface area contributed by atoms with Gasteiger partial charge < -0.3 is 10.5 Å². The fourth-order valence-electron chi connectivity index (χ4n) is 2.66. The van der Waals surface area contributed by atoms with Gasteiger partial charge in [0, 0.05) is 6.54 Å². The molecule has 104 valence electrons. The second-order valence-corrected chi connectivity index (χ2v) is 5.52. The number of carbonyl (C=O) groups is 1. The minimum Gasteiger partial charge on any atom is -0.462 e. The minimum atomic E-state index is -0.125. The zero-order chi connectivity index (χ0) is 13.7. The van der Waals surface area contributed by atoms with Crippen LogP contribution in [0.3, 0.4) is 0 Å². The van der Waals surface area contributed by atoms with Gasteiger partial charge in [0.25, 0.3) is 0 Å². The van der Waals surface area contributed by atoms with Crippen molar-refractivity contribution in [1.82, 2.24) is 0 Å². The Morgan fingerprint density at radius 1 is 1.21 bits per heavy atom. The monoisotopic (exact) mass is 261 g/mol. The van der Waals surface area contributed by atoms with E-state index >= 15 is 0 Å². The molecule has 0 amide bonds. The van der Waals surface area contributed by atoms with Gasteiger partial charge in [0.2, 0.25) is 0 Å². The van der Waals surface area contributed by atoms with E-state index in [4.69, 9.17) is 10.5 Å². The lowest BCUT2D eigenvalue weighted by molar-refractivity contribution is -0.150. The molecule has 0 atom stereocenters. The number of hydrogen-bond donors (Lipinski definition) is 1. The Labute approximate surface area is 115 Å². The molecule has 0 spiro atoms. The highest BCUT2D eigenvalue weighted by Gasteiger charge is 2.21. The molecule has 3 nitrogen and oxygen atoms in total. The maximum absolute atomic E-state index is 12.0. The first-order chi connectivity index (χ1) is 9.19. The lowest BCUT2D eigenvalue weighted by atomic mass is 9.89. The van der Waals surface area contributed by atoms with E-state index in [1.807, 2.05) is 24.3 Å². The van der Waals surface area contributed by atoms with E-state index in [1.54, 1.807) is 0 Å². The molecule has 0 saturated heterocycles. The lowest BCUT2D eigenvalue weighted by Crippen LogP contribution is -2.24. The Balaban J connectivity index is 1.87. The largest absolute Gasteiger partial charge is 0.462 e. The van der Waals surface area contributed by atoms with Crippen LogP contribution in [0.15, 0.2) is 24.3 Å². The summed E-state index contributed by atoms with van der Waals surface area (Å²) in [5.74, 6) is 0.647. The van der Waals surface area contributed by atoms with Crippen molar-refractivity contribution in [2.75, 3.05) is 0 Å². The van der Waals surface area contributed by atoms with Crippen LogP contribution in [0, 0.1) is 5.92 Å². The summed E-state index contributed by atoms with van der Waals surface area (Å²) < 4.78 is 5.56. The number of rotatable bonds is 4. The van der Waals surface area contributed by atoms with E-state index in [2.05, 4.69) is 6.92 Å². The average molecular weight is 261 g/mol. The van der Waals surface area contributed by atoms with Crippen molar-refractivity contribution >= 4 is 5.97 Å². The summed E-state index contributed by atoms with van der Waals surface area (Å²) in [5.41, 5.74) is 7.68. The van der Waals surface area contributed by atoms with Crippen molar-refractivity contribution in [3.05, 3.63) is 35.4 Å². The van der Waals surface area contributed by atoms with Gasteiger partial charge in [-0.1, -0.05) is 31.2 Å². The van der Waals surface area contributed by atoms with E-state index in [0.29, 0.717) is 13.0 Å². The van der Waals surface area contributed by atoms with E-state index in [1.165, 1.54) is 0 Å². The highest BCUT2D eigenvalue weighted by molar-refractivity contribution is 5.73. The molecule has 3 heteroatoms. The summed E-state index contributed by atoms with van der Waals surface area (Å²) in [6, 6.07) is 7.79. The van der Waals surface area contributed by atoms with Crippen molar-refractivity contribution in [2.45, 2.75) is 51.7 Å². The molecule has 0 radical (unpaired) electrons. The summed E-state index contributed by atoms with van der Waals surface area (Å²) in [5, 5.41) is 0. The van der Waals surface area contributed by atoms with Crippen LogP contribution in [0.2, 0.25) is 0 Å². The average Bonchev–Trinajstić information content (AvgIpc) is 2.42. The third-order valence-corrected chi connectivity index (χ3v) is 3.93. The van der Waals surface area contributed by atoms with Gasteiger partial charge in [-0.15, -0.1) is 0 Å². The maximum Gasteiger partial charge on any atom is 0.310 e. The number of ether oxygens (including phenoxy) is 1. The van der Waals surface area contributed by atoms with Crippen LogP contribution in [-0.4, -0.2) is 12.1 Å². The first-order valence-corrected chi connectivity index (χ1v) is 7.15. The second-order valence-electron chi connectivity index (χ2n) is 5.52. The summed E-state index contributed by atoms with van der Waals surface area (Å²) >= 11 is 0. The van der Waals surface area contributed by atoms with Gasteiger partial charge in [0.05, 0.1) is 6.42 Å². The zero-order valence-electron chi connectivity index (χ0n) is 11.6.